The van der Waals surface area contributed by atoms with Gasteiger partial charge in [-0.1, -0.05) is 29.3 Å². The minimum atomic E-state index is -0.0372. The number of carbonyl (C=O) groups excluding carboxylic acids is 1. The summed E-state index contributed by atoms with van der Waals surface area (Å²) in [7, 11) is 0. The van der Waals surface area contributed by atoms with Gasteiger partial charge in [0.2, 0.25) is 0 Å². The Morgan fingerprint density at radius 2 is 1.80 bits per heavy atom. The van der Waals surface area contributed by atoms with Gasteiger partial charge in [-0.05, 0) is 32.9 Å². The standard InChI is InChI=1S/C13H17NO/c1-9(2)8-14-13(15)12-6-10(3)5-11(4)7-12/h5-7H,1,8H2,2-4H3,(H,14,15). The summed E-state index contributed by atoms with van der Waals surface area (Å²) in [6, 6.07) is 5.83. The van der Waals surface area contributed by atoms with Crippen molar-refractivity contribution in [2.24, 2.45) is 0 Å². The average molecular weight is 203 g/mol. The van der Waals surface area contributed by atoms with Gasteiger partial charge in [-0.15, -0.1) is 0 Å². The van der Waals surface area contributed by atoms with Crippen molar-refractivity contribution in [3.05, 3.63) is 47.0 Å². The molecule has 0 aliphatic carbocycles. The minimum Gasteiger partial charge on any atom is -0.348 e. The molecule has 0 aliphatic rings. The Hall–Kier alpha value is -1.57. The fourth-order valence-electron chi connectivity index (χ4n) is 1.44. The molecule has 1 amide bonds. The van der Waals surface area contributed by atoms with E-state index in [1.165, 1.54) is 0 Å². The molecule has 2 nitrogen and oxygen atoms in total. The maximum absolute atomic E-state index is 11.7. The molecule has 1 aromatic rings. The van der Waals surface area contributed by atoms with E-state index in [2.05, 4.69) is 18.0 Å². The van der Waals surface area contributed by atoms with Crippen molar-refractivity contribution in [1.29, 1.82) is 0 Å². The second-order valence-electron chi connectivity index (χ2n) is 4.02. The van der Waals surface area contributed by atoms with Gasteiger partial charge in [0.15, 0.2) is 0 Å². The molecule has 2 heteroatoms. The molecule has 0 saturated heterocycles. The van der Waals surface area contributed by atoms with Gasteiger partial charge < -0.3 is 5.32 Å². The number of carbonyl (C=O) groups is 1. The van der Waals surface area contributed by atoms with Gasteiger partial charge in [-0.25, -0.2) is 0 Å². The van der Waals surface area contributed by atoms with Crippen LogP contribution in [0.3, 0.4) is 0 Å². The lowest BCUT2D eigenvalue weighted by Gasteiger charge is -2.06. The third-order valence-corrected chi connectivity index (χ3v) is 2.03. The van der Waals surface area contributed by atoms with Crippen LogP contribution in [0.1, 0.15) is 28.4 Å². The molecule has 1 N–H and O–H groups in total. The molecule has 0 saturated carbocycles. The van der Waals surface area contributed by atoms with Crippen molar-refractivity contribution in [3.8, 4) is 0 Å². The van der Waals surface area contributed by atoms with Crippen LogP contribution in [0, 0.1) is 13.8 Å². The number of benzene rings is 1. The Morgan fingerprint density at radius 3 is 2.27 bits per heavy atom. The topological polar surface area (TPSA) is 29.1 Å². The second kappa shape index (κ2) is 4.78. The molecule has 1 rings (SSSR count). The summed E-state index contributed by atoms with van der Waals surface area (Å²) in [5, 5.41) is 2.81. The van der Waals surface area contributed by atoms with Crippen molar-refractivity contribution in [2.75, 3.05) is 6.54 Å². The lowest BCUT2D eigenvalue weighted by molar-refractivity contribution is 0.0957. The SMILES string of the molecule is C=C(C)CNC(=O)c1cc(C)cc(C)c1. The maximum atomic E-state index is 11.7. The van der Waals surface area contributed by atoms with Crippen molar-refractivity contribution >= 4 is 5.91 Å². The predicted molar refractivity (Wildman–Crippen MR) is 63.1 cm³/mol. The van der Waals surface area contributed by atoms with E-state index in [0.29, 0.717) is 12.1 Å². The van der Waals surface area contributed by atoms with Crippen molar-refractivity contribution in [3.63, 3.8) is 0 Å². The molecule has 0 radical (unpaired) electrons. The zero-order chi connectivity index (χ0) is 11.4. The monoisotopic (exact) mass is 203 g/mol. The minimum absolute atomic E-state index is 0.0372. The Balaban J connectivity index is 2.77. The Kier molecular flexibility index (Phi) is 3.67. The van der Waals surface area contributed by atoms with Crippen LogP contribution >= 0.6 is 0 Å². The summed E-state index contributed by atoms with van der Waals surface area (Å²) in [6.07, 6.45) is 0. The molecular weight excluding hydrogens is 186 g/mol. The number of aryl methyl sites for hydroxylation is 2. The van der Waals surface area contributed by atoms with Crippen LogP contribution in [0.25, 0.3) is 0 Å². The van der Waals surface area contributed by atoms with Crippen molar-refractivity contribution in [2.45, 2.75) is 20.8 Å². The summed E-state index contributed by atoms with van der Waals surface area (Å²) in [5.74, 6) is -0.0372. The van der Waals surface area contributed by atoms with Crippen LogP contribution in [-0.4, -0.2) is 12.5 Å². The molecule has 80 valence electrons. The Morgan fingerprint density at radius 1 is 1.27 bits per heavy atom. The third kappa shape index (κ3) is 3.58. The number of rotatable bonds is 3. The Labute approximate surface area is 91.0 Å². The van der Waals surface area contributed by atoms with Gasteiger partial charge in [-0.2, -0.15) is 0 Å². The lowest BCUT2D eigenvalue weighted by atomic mass is 10.1. The van der Waals surface area contributed by atoms with Gasteiger partial charge >= 0.3 is 0 Å². The van der Waals surface area contributed by atoms with Crippen molar-refractivity contribution in [1.82, 2.24) is 5.32 Å². The first kappa shape index (κ1) is 11.5. The van der Waals surface area contributed by atoms with E-state index >= 15 is 0 Å². The molecule has 0 unspecified atom stereocenters. The maximum Gasteiger partial charge on any atom is 0.251 e. The average Bonchev–Trinajstić information content (AvgIpc) is 2.12. The van der Waals surface area contributed by atoms with E-state index in [-0.39, 0.29) is 5.91 Å². The van der Waals surface area contributed by atoms with E-state index in [1.54, 1.807) is 0 Å². The highest BCUT2D eigenvalue weighted by atomic mass is 16.1. The van der Waals surface area contributed by atoms with Crippen LogP contribution < -0.4 is 5.32 Å². The summed E-state index contributed by atoms with van der Waals surface area (Å²) in [4.78, 5) is 11.7. The van der Waals surface area contributed by atoms with Gasteiger partial charge in [0.05, 0.1) is 0 Å². The molecular formula is C13H17NO. The molecule has 0 aliphatic heterocycles. The molecule has 0 heterocycles. The fraction of sp³-hybridized carbons (Fsp3) is 0.308. The van der Waals surface area contributed by atoms with E-state index in [1.807, 2.05) is 32.9 Å². The fourth-order valence-corrected chi connectivity index (χ4v) is 1.44. The molecule has 15 heavy (non-hydrogen) atoms. The molecule has 1 aromatic carbocycles. The van der Waals surface area contributed by atoms with E-state index in [4.69, 9.17) is 0 Å². The highest BCUT2D eigenvalue weighted by Crippen LogP contribution is 2.08. The van der Waals surface area contributed by atoms with Crippen molar-refractivity contribution < 1.29 is 4.79 Å². The smallest absolute Gasteiger partial charge is 0.251 e. The second-order valence-corrected chi connectivity index (χ2v) is 4.02. The van der Waals surface area contributed by atoms with Crippen LogP contribution in [0.15, 0.2) is 30.4 Å². The zero-order valence-electron chi connectivity index (χ0n) is 9.55. The van der Waals surface area contributed by atoms with Gasteiger partial charge in [0, 0.05) is 12.1 Å². The lowest BCUT2D eigenvalue weighted by Crippen LogP contribution is -2.24. The van der Waals surface area contributed by atoms with Crippen LogP contribution in [0.5, 0.6) is 0 Å². The van der Waals surface area contributed by atoms with Crippen LogP contribution in [-0.2, 0) is 0 Å². The Bertz CT molecular complexity index is 373. The quantitative estimate of drug-likeness (QED) is 0.752. The van der Waals surface area contributed by atoms with Crippen LogP contribution in [0.4, 0.5) is 0 Å². The number of hydrogen-bond donors (Lipinski definition) is 1. The van der Waals surface area contributed by atoms with Gasteiger partial charge in [0.1, 0.15) is 0 Å². The normalized spacial score (nSPS) is 9.80. The first-order chi connectivity index (χ1) is 6.99. The van der Waals surface area contributed by atoms with Gasteiger partial charge in [-0.3, -0.25) is 4.79 Å². The highest BCUT2D eigenvalue weighted by Gasteiger charge is 2.05. The molecule has 0 spiro atoms. The van der Waals surface area contributed by atoms with Crippen LogP contribution in [0.2, 0.25) is 0 Å². The van der Waals surface area contributed by atoms with E-state index < -0.39 is 0 Å². The zero-order valence-corrected chi connectivity index (χ0v) is 9.55. The third-order valence-electron chi connectivity index (χ3n) is 2.03. The van der Waals surface area contributed by atoms with E-state index in [9.17, 15) is 4.79 Å². The molecule has 0 atom stereocenters. The predicted octanol–water partition coefficient (Wildman–Crippen LogP) is 2.61. The summed E-state index contributed by atoms with van der Waals surface area (Å²) in [6.45, 7) is 10.1. The molecule has 0 bridgehead atoms. The van der Waals surface area contributed by atoms with E-state index in [0.717, 1.165) is 16.7 Å². The van der Waals surface area contributed by atoms with Gasteiger partial charge in [0.25, 0.3) is 5.91 Å². The largest absolute Gasteiger partial charge is 0.348 e. The summed E-state index contributed by atoms with van der Waals surface area (Å²) in [5.41, 5.74) is 3.88. The summed E-state index contributed by atoms with van der Waals surface area (Å²) < 4.78 is 0. The number of nitrogens with one attached hydrogen (secondary N) is 1. The molecule has 0 aromatic heterocycles. The first-order valence-electron chi connectivity index (χ1n) is 5.00. The number of amides is 1. The highest BCUT2D eigenvalue weighted by molar-refractivity contribution is 5.94. The molecule has 0 fully saturated rings. The first-order valence-corrected chi connectivity index (χ1v) is 5.00. The number of hydrogen-bond acceptors (Lipinski definition) is 1. The summed E-state index contributed by atoms with van der Waals surface area (Å²) >= 11 is 0.